The van der Waals surface area contributed by atoms with Crippen LogP contribution in [0.5, 0.6) is 5.75 Å². The Morgan fingerprint density at radius 3 is 2.43 bits per heavy atom. The zero-order chi connectivity index (χ0) is 16.1. The van der Waals surface area contributed by atoms with E-state index in [0.29, 0.717) is 0 Å². The SMILES string of the molecule is CCCC1CCC(CCc2cc3ccc(OCC)cc3s2)CC1. The first kappa shape index (κ1) is 16.8. The minimum atomic E-state index is 0.741. The topological polar surface area (TPSA) is 9.23 Å². The molecule has 1 aromatic carbocycles. The summed E-state index contributed by atoms with van der Waals surface area (Å²) < 4.78 is 6.99. The molecule has 1 aromatic heterocycles. The number of thiophene rings is 1. The minimum absolute atomic E-state index is 0.741. The third kappa shape index (κ3) is 4.50. The molecule has 2 heteroatoms. The number of hydrogen-bond donors (Lipinski definition) is 0. The molecule has 1 aliphatic rings. The fraction of sp³-hybridized carbons (Fsp3) is 0.619. The van der Waals surface area contributed by atoms with Crippen LogP contribution in [0.2, 0.25) is 0 Å². The van der Waals surface area contributed by atoms with Crippen LogP contribution >= 0.6 is 11.3 Å². The molecule has 126 valence electrons. The molecule has 0 atom stereocenters. The van der Waals surface area contributed by atoms with Gasteiger partial charge in [0.25, 0.3) is 0 Å². The Balaban J connectivity index is 1.53. The summed E-state index contributed by atoms with van der Waals surface area (Å²) >= 11 is 1.95. The zero-order valence-corrected chi connectivity index (χ0v) is 15.5. The number of aryl methyl sites for hydroxylation is 1. The highest BCUT2D eigenvalue weighted by Crippen LogP contribution is 2.35. The van der Waals surface area contributed by atoms with Crippen molar-refractivity contribution in [3.63, 3.8) is 0 Å². The summed E-state index contributed by atoms with van der Waals surface area (Å²) in [5.41, 5.74) is 0. The van der Waals surface area contributed by atoms with Crippen molar-refractivity contribution < 1.29 is 4.74 Å². The summed E-state index contributed by atoms with van der Waals surface area (Å²) in [5, 5.41) is 1.38. The van der Waals surface area contributed by atoms with Crippen molar-refractivity contribution in [1.82, 2.24) is 0 Å². The summed E-state index contributed by atoms with van der Waals surface area (Å²) in [4.78, 5) is 1.55. The van der Waals surface area contributed by atoms with Crippen molar-refractivity contribution in [1.29, 1.82) is 0 Å². The van der Waals surface area contributed by atoms with E-state index in [1.54, 1.807) is 4.88 Å². The van der Waals surface area contributed by atoms with E-state index >= 15 is 0 Å². The Morgan fingerprint density at radius 2 is 1.74 bits per heavy atom. The van der Waals surface area contributed by atoms with Crippen LogP contribution in [-0.2, 0) is 6.42 Å². The monoisotopic (exact) mass is 330 g/mol. The van der Waals surface area contributed by atoms with Gasteiger partial charge in [0, 0.05) is 9.58 Å². The van der Waals surface area contributed by atoms with Gasteiger partial charge in [0.05, 0.1) is 6.61 Å². The molecule has 0 saturated heterocycles. The number of benzene rings is 1. The van der Waals surface area contributed by atoms with Gasteiger partial charge >= 0.3 is 0 Å². The fourth-order valence-electron chi connectivity index (χ4n) is 4.01. The second kappa shape index (κ2) is 8.19. The predicted molar refractivity (Wildman–Crippen MR) is 102 cm³/mol. The minimum Gasteiger partial charge on any atom is -0.494 e. The molecule has 1 fully saturated rings. The summed E-state index contributed by atoms with van der Waals surface area (Å²) in [5.74, 6) is 2.99. The van der Waals surface area contributed by atoms with Crippen LogP contribution in [0.25, 0.3) is 10.1 Å². The maximum atomic E-state index is 5.61. The van der Waals surface area contributed by atoms with Gasteiger partial charge in [0.15, 0.2) is 0 Å². The molecular formula is C21H30OS. The van der Waals surface area contributed by atoms with Crippen LogP contribution < -0.4 is 4.74 Å². The summed E-state index contributed by atoms with van der Waals surface area (Å²) in [6, 6.07) is 8.88. The molecular weight excluding hydrogens is 300 g/mol. The van der Waals surface area contributed by atoms with Gasteiger partial charge in [0.1, 0.15) is 5.75 Å². The molecule has 1 saturated carbocycles. The quantitative estimate of drug-likeness (QED) is 0.540. The molecule has 0 aliphatic heterocycles. The second-order valence-corrected chi connectivity index (χ2v) is 8.23. The Kier molecular flexibility index (Phi) is 5.99. The molecule has 0 spiro atoms. The lowest BCUT2D eigenvalue weighted by molar-refractivity contribution is 0.252. The van der Waals surface area contributed by atoms with Crippen molar-refractivity contribution in [2.75, 3.05) is 6.61 Å². The maximum Gasteiger partial charge on any atom is 0.120 e. The molecule has 0 bridgehead atoms. The molecule has 0 unspecified atom stereocenters. The van der Waals surface area contributed by atoms with Crippen molar-refractivity contribution >= 4 is 21.4 Å². The van der Waals surface area contributed by atoms with E-state index in [1.165, 1.54) is 61.5 Å². The fourth-order valence-corrected chi connectivity index (χ4v) is 5.12. The van der Waals surface area contributed by atoms with E-state index in [-0.39, 0.29) is 0 Å². The predicted octanol–water partition coefficient (Wildman–Crippen LogP) is 6.84. The van der Waals surface area contributed by atoms with Crippen molar-refractivity contribution in [2.45, 2.75) is 65.2 Å². The van der Waals surface area contributed by atoms with E-state index < -0.39 is 0 Å². The largest absolute Gasteiger partial charge is 0.494 e. The highest BCUT2D eigenvalue weighted by molar-refractivity contribution is 7.19. The highest BCUT2D eigenvalue weighted by Gasteiger charge is 2.20. The average molecular weight is 331 g/mol. The highest BCUT2D eigenvalue weighted by atomic mass is 32.1. The standard InChI is InChI=1S/C21H30OS/c1-3-5-16-6-8-17(9-7-16)10-13-20-14-18-11-12-19(22-4-2)15-21(18)23-20/h11-12,14-17H,3-10,13H2,1-2H3. The molecule has 0 N–H and O–H groups in total. The molecule has 1 aliphatic carbocycles. The average Bonchev–Trinajstić information content (AvgIpc) is 2.97. The lowest BCUT2D eigenvalue weighted by Gasteiger charge is -2.28. The first-order chi connectivity index (χ1) is 11.3. The van der Waals surface area contributed by atoms with Crippen LogP contribution in [-0.4, -0.2) is 6.61 Å². The summed E-state index contributed by atoms with van der Waals surface area (Å²) in [7, 11) is 0. The van der Waals surface area contributed by atoms with Crippen molar-refractivity contribution in [2.24, 2.45) is 11.8 Å². The van der Waals surface area contributed by atoms with Crippen LogP contribution in [0.4, 0.5) is 0 Å². The lowest BCUT2D eigenvalue weighted by Crippen LogP contribution is -2.14. The van der Waals surface area contributed by atoms with Gasteiger partial charge in [-0.05, 0) is 61.3 Å². The molecule has 3 rings (SSSR count). The number of fused-ring (bicyclic) bond motifs is 1. The molecule has 1 nitrogen and oxygen atoms in total. The number of rotatable bonds is 7. The van der Waals surface area contributed by atoms with E-state index in [2.05, 4.69) is 31.2 Å². The molecule has 2 aromatic rings. The van der Waals surface area contributed by atoms with Crippen LogP contribution in [0, 0.1) is 11.8 Å². The van der Waals surface area contributed by atoms with Crippen LogP contribution in [0.3, 0.4) is 0 Å². The van der Waals surface area contributed by atoms with E-state index in [4.69, 9.17) is 4.74 Å². The van der Waals surface area contributed by atoms with Crippen LogP contribution in [0.15, 0.2) is 24.3 Å². The maximum absolute atomic E-state index is 5.61. The molecule has 1 heterocycles. The van der Waals surface area contributed by atoms with Gasteiger partial charge in [-0.1, -0.05) is 45.4 Å². The Bertz CT molecular complexity index is 607. The third-order valence-corrected chi connectivity index (χ3v) is 6.47. The van der Waals surface area contributed by atoms with Crippen molar-refractivity contribution in [3.8, 4) is 5.75 Å². The van der Waals surface area contributed by atoms with Gasteiger partial charge in [-0.2, -0.15) is 0 Å². The Labute approximate surface area is 145 Å². The van der Waals surface area contributed by atoms with Gasteiger partial charge < -0.3 is 4.74 Å². The second-order valence-electron chi connectivity index (χ2n) is 7.06. The van der Waals surface area contributed by atoms with Crippen molar-refractivity contribution in [3.05, 3.63) is 29.1 Å². The van der Waals surface area contributed by atoms with Crippen LogP contribution in [0.1, 0.15) is 63.7 Å². The van der Waals surface area contributed by atoms with E-state index in [0.717, 1.165) is 24.2 Å². The summed E-state index contributed by atoms with van der Waals surface area (Å²) in [6.07, 6.45) is 11.3. The third-order valence-electron chi connectivity index (χ3n) is 5.32. The Hall–Kier alpha value is -1.02. The van der Waals surface area contributed by atoms with E-state index in [1.807, 2.05) is 18.3 Å². The Morgan fingerprint density at radius 1 is 1.00 bits per heavy atom. The smallest absolute Gasteiger partial charge is 0.120 e. The number of ether oxygens (including phenoxy) is 1. The first-order valence-electron chi connectivity index (χ1n) is 9.43. The normalized spacial score (nSPS) is 21.7. The van der Waals surface area contributed by atoms with Gasteiger partial charge in [-0.25, -0.2) is 0 Å². The molecule has 0 radical (unpaired) electrons. The van der Waals surface area contributed by atoms with E-state index in [9.17, 15) is 0 Å². The van der Waals surface area contributed by atoms with Gasteiger partial charge in [0.2, 0.25) is 0 Å². The summed E-state index contributed by atoms with van der Waals surface area (Å²) in [6.45, 7) is 5.11. The molecule has 0 amide bonds. The van der Waals surface area contributed by atoms with Gasteiger partial charge in [-0.3, -0.25) is 0 Å². The first-order valence-corrected chi connectivity index (χ1v) is 10.3. The number of hydrogen-bond acceptors (Lipinski definition) is 2. The lowest BCUT2D eigenvalue weighted by atomic mass is 9.78. The van der Waals surface area contributed by atoms with Gasteiger partial charge in [-0.15, -0.1) is 11.3 Å². The molecule has 23 heavy (non-hydrogen) atoms. The zero-order valence-electron chi connectivity index (χ0n) is 14.6.